The van der Waals surface area contributed by atoms with Crippen molar-refractivity contribution in [1.29, 1.82) is 0 Å². The van der Waals surface area contributed by atoms with Crippen LogP contribution in [0.5, 0.6) is 5.75 Å². The Labute approximate surface area is 157 Å². The van der Waals surface area contributed by atoms with Crippen LogP contribution in [0.1, 0.15) is 29.9 Å². The molecule has 27 heavy (non-hydrogen) atoms. The highest BCUT2D eigenvalue weighted by molar-refractivity contribution is 6.04. The van der Waals surface area contributed by atoms with E-state index in [4.69, 9.17) is 4.74 Å². The predicted molar refractivity (Wildman–Crippen MR) is 105 cm³/mol. The van der Waals surface area contributed by atoms with Gasteiger partial charge in [0.15, 0.2) is 5.69 Å². The molecule has 1 amide bonds. The van der Waals surface area contributed by atoms with Gasteiger partial charge in [-0.3, -0.25) is 9.59 Å². The number of hydrogen-bond acceptors (Lipinski definition) is 4. The molecule has 140 valence electrons. The number of carbonyl (C=O) groups is 1. The minimum Gasteiger partial charge on any atom is -0.497 e. The van der Waals surface area contributed by atoms with E-state index in [-0.39, 0.29) is 23.1 Å². The zero-order valence-electron chi connectivity index (χ0n) is 15.7. The van der Waals surface area contributed by atoms with Gasteiger partial charge in [-0.25, -0.2) is 4.68 Å². The number of hydrogen-bond donors (Lipinski definition) is 1. The van der Waals surface area contributed by atoms with Crippen molar-refractivity contribution in [1.82, 2.24) is 15.1 Å². The smallest absolute Gasteiger partial charge is 0.274 e. The largest absolute Gasteiger partial charge is 0.497 e. The van der Waals surface area contributed by atoms with Gasteiger partial charge in [0.2, 0.25) is 0 Å². The molecule has 1 heterocycles. The lowest BCUT2D eigenvalue weighted by molar-refractivity contribution is 0.0945. The summed E-state index contributed by atoms with van der Waals surface area (Å²) in [7, 11) is 1.60. The molecule has 0 bridgehead atoms. The summed E-state index contributed by atoms with van der Waals surface area (Å²) in [6.07, 6.45) is 0. The van der Waals surface area contributed by atoms with E-state index in [0.717, 1.165) is 11.3 Å². The van der Waals surface area contributed by atoms with Crippen molar-refractivity contribution < 1.29 is 9.53 Å². The SMILES string of the molecule is COc1cccc(CNC(=O)c2nn(CC(C)C)c(=O)c3ccccc23)c1. The first-order chi connectivity index (χ1) is 13.0. The van der Waals surface area contributed by atoms with E-state index in [9.17, 15) is 9.59 Å². The van der Waals surface area contributed by atoms with E-state index >= 15 is 0 Å². The average molecular weight is 365 g/mol. The quantitative estimate of drug-likeness (QED) is 0.729. The van der Waals surface area contributed by atoms with Crippen LogP contribution in [0.25, 0.3) is 10.8 Å². The molecule has 0 saturated heterocycles. The van der Waals surface area contributed by atoms with Gasteiger partial charge in [-0.05, 0) is 29.7 Å². The van der Waals surface area contributed by atoms with Gasteiger partial charge in [-0.1, -0.05) is 44.2 Å². The molecule has 0 saturated carbocycles. The molecular weight excluding hydrogens is 342 g/mol. The molecule has 0 aliphatic heterocycles. The predicted octanol–water partition coefficient (Wildman–Crippen LogP) is 2.99. The first-order valence-corrected chi connectivity index (χ1v) is 8.90. The molecule has 0 atom stereocenters. The second-order valence-electron chi connectivity index (χ2n) is 6.81. The van der Waals surface area contributed by atoms with E-state index < -0.39 is 0 Å². The highest BCUT2D eigenvalue weighted by Crippen LogP contribution is 2.15. The van der Waals surface area contributed by atoms with Crippen molar-refractivity contribution in [3.8, 4) is 5.75 Å². The molecule has 0 aliphatic rings. The molecule has 6 heteroatoms. The number of carbonyl (C=O) groups excluding carboxylic acids is 1. The minimum atomic E-state index is -0.313. The molecule has 0 unspecified atom stereocenters. The van der Waals surface area contributed by atoms with Gasteiger partial charge in [-0.2, -0.15) is 5.10 Å². The zero-order chi connectivity index (χ0) is 19.4. The molecular formula is C21H23N3O3. The molecule has 0 radical (unpaired) electrons. The maximum absolute atomic E-state index is 12.8. The van der Waals surface area contributed by atoms with Crippen LogP contribution in [0.4, 0.5) is 0 Å². The average Bonchev–Trinajstić information content (AvgIpc) is 2.68. The van der Waals surface area contributed by atoms with Crippen molar-refractivity contribution in [3.05, 3.63) is 70.1 Å². The molecule has 3 aromatic rings. The van der Waals surface area contributed by atoms with Gasteiger partial charge in [0.1, 0.15) is 5.75 Å². The van der Waals surface area contributed by atoms with Crippen molar-refractivity contribution in [2.24, 2.45) is 5.92 Å². The topological polar surface area (TPSA) is 73.2 Å². The molecule has 0 fully saturated rings. The number of benzene rings is 2. The van der Waals surface area contributed by atoms with Crippen LogP contribution in [0.15, 0.2) is 53.3 Å². The third-order valence-corrected chi connectivity index (χ3v) is 4.21. The lowest BCUT2D eigenvalue weighted by atomic mass is 10.1. The van der Waals surface area contributed by atoms with Gasteiger partial charge in [0, 0.05) is 18.5 Å². The number of nitrogens with zero attached hydrogens (tertiary/aromatic N) is 2. The fraction of sp³-hybridized carbons (Fsp3) is 0.286. The van der Waals surface area contributed by atoms with E-state index in [2.05, 4.69) is 10.4 Å². The Kier molecular flexibility index (Phi) is 5.54. The lowest BCUT2D eigenvalue weighted by Crippen LogP contribution is -2.31. The highest BCUT2D eigenvalue weighted by Gasteiger charge is 2.17. The summed E-state index contributed by atoms with van der Waals surface area (Å²) in [6, 6.07) is 14.6. The van der Waals surface area contributed by atoms with Gasteiger partial charge < -0.3 is 10.1 Å². The maximum Gasteiger partial charge on any atom is 0.274 e. The fourth-order valence-electron chi connectivity index (χ4n) is 2.92. The van der Waals surface area contributed by atoms with Crippen LogP contribution in [-0.2, 0) is 13.1 Å². The third-order valence-electron chi connectivity index (χ3n) is 4.21. The van der Waals surface area contributed by atoms with Gasteiger partial charge in [-0.15, -0.1) is 0 Å². The molecule has 0 spiro atoms. The Morgan fingerprint density at radius 2 is 1.89 bits per heavy atom. The number of amides is 1. The minimum absolute atomic E-state index is 0.177. The molecule has 1 N–H and O–H groups in total. The van der Waals surface area contributed by atoms with Gasteiger partial charge in [0.05, 0.1) is 12.5 Å². The van der Waals surface area contributed by atoms with Crippen LogP contribution >= 0.6 is 0 Å². The molecule has 2 aromatic carbocycles. The standard InChI is InChI=1S/C21H23N3O3/c1-14(2)13-24-21(26)18-10-5-4-9-17(18)19(23-24)20(25)22-12-15-7-6-8-16(11-15)27-3/h4-11,14H,12-13H2,1-3H3,(H,22,25). The number of aromatic nitrogens is 2. The summed E-state index contributed by atoms with van der Waals surface area (Å²) in [5.74, 6) is 0.659. The Morgan fingerprint density at radius 3 is 2.59 bits per heavy atom. The zero-order valence-corrected chi connectivity index (χ0v) is 15.7. The van der Waals surface area contributed by atoms with Crippen molar-refractivity contribution in [2.45, 2.75) is 26.9 Å². The van der Waals surface area contributed by atoms with Gasteiger partial charge >= 0.3 is 0 Å². The summed E-state index contributed by atoms with van der Waals surface area (Å²) in [5.41, 5.74) is 1.000. The second kappa shape index (κ2) is 8.03. The first-order valence-electron chi connectivity index (χ1n) is 8.90. The number of fused-ring (bicyclic) bond motifs is 1. The van der Waals surface area contributed by atoms with Crippen LogP contribution in [0.3, 0.4) is 0 Å². The lowest BCUT2D eigenvalue weighted by Gasteiger charge is -2.13. The van der Waals surface area contributed by atoms with Crippen molar-refractivity contribution >= 4 is 16.7 Å². The fourth-order valence-corrected chi connectivity index (χ4v) is 2.92. The summed E-state index contributed by atoms with van der Waals surface area (Å²) in [4.78, 5) is 25.5. The van der Waals surface area contributed by atoms with Crippen molar-refractivity contribution in [2.75, 3.05) is 7.11 Å². The Bertz CT molecular complexity index is 1020. The normalized spacial score (nSPS) is 11.0. The molecule has 0 aliphatic carbocycles. The monoisotopic (exact) mass is 365 g/mol. The van der Waals surface area contributed by atoms with Crippen LogP contribution in [-0.4, -0.2) is 22.8 Å². The van der Waals surface area contributed by atoms with E-state index in [1.807, 2.05) is 38.1 Å². The van der Waals surface area contributed by atoms with Crippen LogP contribution < -0.4 is 15.6 Å². The second-order valence-corrected chi connectivity index (χ2v) is 6.81. The van der Waals surface area contributed by atoms with E-state index in [1.54, 1.807) is 31.4 Å². The summed E-state index contributed by atoms with van der Waals surface area (Å²) >= 11 is 0. The third kappa shape index (κ3) is 4.16. The van der Waals surface area contributed by atoms with Gasteiger partial charge in [0.25, 0.3) is 11.5 Å². The summed E-state index contributed by atoms with van der Waals surface area (Å²) in [6.45, 7) is 4.81. The molecule has 6 nitrogen and oxygen atoms in total. The number of nitrogens with one attached hydrogen (secondary N) is 1. The number of ether oxygens (including phenoxy) is 1. The molecule has 3 rings (SSSR count). The molecule has 1 aromatic heterocycles. The number of methoxy groups -OCH3 is 1. The Hall–Kier alpha value is -3.15. The van der Waals surface area contributed by atoms with Crippen LogP contribution in [0, 0.1) is 5.92 Å². The van der Waals surface area contributed by atoms with Crippen molar-refractivity contribution in [3.63, 3.8) is 0 Å². The summed E-state index contributed by atoms with van der Waals surface area (Å²) < 4.78 is 6.59. The van der Waals surface area contributed by atoms with E-state index in [0.29, 0.717) is 23.9 Å². The number of rotatable bonds is 6. The summed E-state index contributed by atoms with van der Waals surface area (Å²) in [5, 5.41) is 8.30. The first kappa shape index (κ1) is 18.6. The Balaban J connectivity index is 1.93. The maximum atomic E-state index is 12.8. The Morgan fingerprint density at radius 1 is 1.15 bits per heavy atom. The van der Waals surface area contributed by atoms with Crippen LogP contribution in [0.2, 0.25) is 0 Å². The van der Waals surface area contributed by atoms with E-state index in [1.165, 1.54) is 4.68 Å². The highest BCUT2D eigenvalue weighted by atomic mass is 16.5.